The maximum absolute atomic E-state index is 14.1. The van der Waals surface area contributed by atoms with Gasteiger partial charge in [0.1, 0.15) is 11.5 Å². The first-order valence-corrected chi connectivity index (χ1v) is 12.9. The molecule has 2 N–H and O–H groups in total. The van der Waals surface area contributed by atoms with E-state index in [-0.39, 0.29) is 23.9 Å². The number of piperazine rings is 1. The number of carbonyl (C=O) groups excluding carboxylic acids is 1. The molecule has 1 saturated heterocycles. The number of nitrogens with zero attached hydrogens (tertiary/aromatic N) is 2. The lowest BCUT2D eigenvalue weighted by Gasteiger charge is -2.48. The van der Waals surface area contributed by atoms with E-state index >= 15 is 0 Å². The second-order valence-electron chi connectivity index (χ2n) is 11.2. The van der Waals surface area contributed by atoms with Gasteiger partial charge in [0.25, 0.3) is 0 Å². The highest BCUT2D eigenvalue weighted by Crippen LogP contribution is 2.42. The summed E-state index contributed by atoms with van der Waals surface area (Å²) in [4.78, 5) is 29.2. The number of aliphatic hydroxyl groups is 1. The summed E-state index contributed by atoms with van der Waals surface area (Å²) in [5, 5.41) is 21.5. The Kier molecular flexibility index (Phi) is 7.59. The lowest BCUT2D eigenvalue weighted by molar-refractivity contribution is -0.145. The molecule has 1 aliphatic heterocycles. The molecule has 1 saturated carbocycles. The van der Waals surface area contributed by atoms with Crippen LogP contribution < -0.4 is 4.74 Å². The first kappa shape index (κ1) is 26.0. The van der Waals surface area contributed by atoms with Crippen LogP contribution in [0.4, 0.5) is 4.79 Å². The second kappa shape index (κ2) is 10.5. The van der Waals surface area contributed by atoms with Gasteiger partial charge >= 0.3 is 6.09 Å². The fraction of sp³-hybridized carbons (Fsp3) is 0.517. The number of ether oxygens (including phenoxy) is 1. The molecule has 7 nitrogen and oxygen atoms in total. The normalized spacial score (nSPS) is 21.1. The van der Waals surface area contributed by atoms with Crippen molar-refractivity contribution in [3.63, 3.8) is 0 Å². The number of rotatable bonds is 5. The Bertz CT molecular complexity index is 1040. The molecule has 4 rings (SSSR count). The molecule has 2 atom stereocenters. The minimum absolute atomic E-state index is 0.129. The van der Waals surface area contributed by atoms with Crippen LogP contribution >= 0.6 is 0 Å². The molecular weight excluding hydrogens is 456 g/mol. The van der Waals surface area contributed by atoms with E-state index in [0.717, 1.165) is 30.6 Å². The molecule has 2 fully saturated rings. The molecule has 0 radical (unpaired) electrons. The molecule has 194 valence electrons. The zero-order valence-corrected chi connectivity index (χ0v) is 21.5. The topological polar surface area (TPSA) is 90.3 Å². The summed E-state index contributed by atoms with van der Waals surface area (Å²) in [7, 11) is 0. The predicted molar refractivity (Wildman–Crippen MR) is 138 cm³/mol. The Morgan fingerprint density at radius 3 is 2.14 bits per heavy atom. The van der Waals surface area contributed by atoms with Crippen LogP contribution in [0.1, 0.15) is 64.4 Å². The zero-order valence-electron chi connectivity index (χ0n) is 21.5. The van der Waals surface area contributed by atoms with E-state index in [9.17, 15) is 19.8 Å². The number of benzene rings is 2. The van der Waals surface area contributed by atoms with Crippen LogP contribution in [0.2, 0.25) is 0 Å². The highest BCUT2D eigenvalue weighted by Gasteiger charge is 2.47. The third-order valence-corrected chi connectivity index (χ3v) is 7.63. The molecule has 2 aromatic carbocycles. The molecule has 2 aromatic rings. The maximum Gasteiger partial charge on any atom is 0.407 e. The molecule has 36 heavy (non-hydrogen) atoms. The summed E-state index contributed by atoms with van der Waals surface area (Å²) in [5.74, 6) is 0.555. The van der Waals surface area contributed by atoms with Gasteiger partial charge < -0.3 is 24.7 Å². The number of amides is 2. The van der Waals surface area contributed by atoms with Crippen LogP contribution in [-0.4, -0.2) is 63.3 Å². The Hall–Kier alpha value is -3.06. The van der Waals surface area contributed by atoms with E-state index in [1.165, 1.54) is 4.90 Å². The standard InChI is InChI=1S/C29H38N2O5/c1-28(2,3)24-20-30(18-19-31(24)27(33)34)26(32)25(29(35)16-8-5-9-17-29)21-12-14-23(15-13-21)36-22-10-6-4-7-11-22/h4,6-7,10-15,24-25,35H,5,8-9,16-20H2,1-3H3,(H,33,34). The van der Waals surface area contributed by atoms with Crippen LogP contribution in [0.25, 0.3) is 0 Å². The second-order valence-corrected chi connectivity index (χ2v) is 11.2. The van der Waals surface area contributed by atoms with E-state index in [0.29, 0.717) is 31.7 Å². The summed E-state index contributed by atoms with van der Waals surface area (Å²) >= 11 is 0. The van der Waals surface area contributed by atoms with E-state index < -0.39 is 17.6 Å². The van der Waals surface area contributed by atoms with Crippen molar-refractivity contribution in [2.24, 2.45) is 5.41 Å². The SMILES string of the molecule is CC(C)(C)C1CN(C(=O)C(c2ccc(Oc3ccccc3)cc2)C2(O)CCCCC2)CCN1C(=O)O. The van der Waals surface area contributed by atoms with Gasteiger partial charge in [0.05, 0.1) is 17.6 Å². The molecule has 0 aromatic heterocycles. The highest BCUT2D eigenvalue weighted by molar-refractivity contribution is 5.85. The minimum Gasteiger partial charge on any atom is -0.465 e. The largest absolute Gasteiger partial charge is 0.465 e. The van der Waals surface area contributed by atoms with Gasteiger partial charge in [-0.1, -0.05) is 70.4 Å². The van der Waals surface area contributed by atoms with Crippen LogP contribution in [0.3, 0.4) is 0 Å². The van der Waals surface area contributed by atoms with Crippen LogP contribution in [0.5, 0.6) is 11.5 Å². The Morgan fingerprint density at radius 2 is 1.56 bits per heavy atom. The number of carbonyl (C=O) groups is 2. The Balaban J connectivity index is 1.61. The van der Waals surface area contributed by atoms with Crippen molar-refractivity contribution < 1.29 is 24.5 Å². The summed E-state index contributed by atoms with van der Waals surface area (Å²) < 4.78 is 5.93. The van der Waals surface area contributed by atoms with Crippen molar-refractivity contribution in [3.8, 4) is 11.5 Å². The van der Waals surface area contributed by atoms with Gasteiger partial charge in [0, 0.05) is 19.6 Å². The molecule has 0 spiro atoms. The first-order valence-electron chi connectivity index (χ1n) is 12.9. The van der Waals surface area contributed by atoms with E-state index in [1.807, 2.05) is 75.4 Å². The molecule has 7 heteroatoms. The number of para-hydroxylation sites is 1. The number of hydrogen-bond donors (Lipinski definition) is 2. The van der Waals surface area contributed by atoms with Gasteiger partial charge in [-0.15, -0.1) is 0 Å². The van der Waals surface area contributed by atoms with Crippen molar-refractivity contribution in [1.82, 2.24) is 9.80 Å². The Morgan fingerprint density at radius 1 is 0.944 bits per heavy atom. The first-order chi connectivity index (χ1) is 17.1. The summed E-state index contributed by atoms with van der Waals surface area (Å²) in [6.45, 7) is 6.89. The van der Waals surface area contributed by atoms with Crippen LogP contribution in [0, 0.1) is 5.41 Å². The van der Waals surface area contributed by atoms with Crippen molar-refractivity contribution in [2.45, 2.75) is 70.4 Å². The van der Waals surface area contributed by atoms with E-state index in [2.05, 4.69) is 0 Å². The van der Waals surface area contributed by atoms with Gasteiger partial charge in [-0.25, -0.2) is 4.79 Å². The summed E-state index contributed by atoms with van der Waals surface area (Å²) in [6, 6.07) is 16.6. The van der Waals surface area contributed by atoms with Crippen molar-refractivity contribution in [2.75, 3.05) is 19.6 Å². The lowest BCUT2D eigenvalue weighted by atomic mass is 9.72. The average Bonchev–Trinajstić information content (AvgIpc) is 2.85. The predicted octanol–water partition coefficient (Wildman–Crippen LogP) is 5.49. The monoisotopic (exact) mass is 494 g/mol. The van der Waals surface area contributed by atoms with E-state index in [1.54, 1.807) is 4.90 Å². The fourth-order valence-electron chi connectivity index (χ4n) is 5.62. The quantitative estimate of drug-likeness (QED) is 0.573. The molecule has 2 unspecified atom stereocenters. The molecule has 1 aliphatic carbocycles. The van der Waals surface area contributed by atoms with Gasteiger partial charge in [-0.2, -0.15) is 0 Å². The van der Waals surface area contributed by atoms with Crippen LogP contribution in [-0.2, 0) is 4.79 Å². The summed E-state index contributed by atoms with van der Waals surface area (Å²) in [5.41, 5.74) is -0.693. The lowest BCUT2D eigenvalue weighted by Crippen LogP contribution is -2.62. The third kappa shape index (κ3) is 5.67. The summed E-state index contributed by atoms with van der Waals surface area (Å²) in [6.07, 6.45) is 3.00. The highest BCUT2D eigenvalue weighted by atomic mass is 16.5. The molecule has 2 amide bonds. The third-order valence-electron chi connectivity index (χ3n) is 7.63. The smallest absolute Gasteiger partial charge is 0.407 e. The fourth-order valence-corrected chi connectivity index (χ4v) is 5.62. The van der Waals surface area contributed by atoms with Gasteiger partial charge in [-0.3, -0.25) is 4.79 Å². The number of carboxylic acid groups (broad SMARTS) is 1. The van der Waals surface area contributed by atoms with Gasteiger partial charge in [-0.05, 0) is 48.1 Å². The van der Waals surface area contributed by atoms with Crippen molar-refractivity contribution in [1.29, 1.82) is 0 Å². The molecule has 1 heterocycles. The van der Waals surface area contributed by atoms with Crippen molar-refractivity contribution >= 4 is 12.0 Å². The average molecular weight is 495 g/mol. The Labute approximate surface area is 213 Å². The maximum atomic E-state index is 14.1. The van der Waals surface area contributed by atoms with Gasteiger partial charge in [0.2, 0.25) is 5.91 Å². The molecule has 2 aliphatic rings. The zero-order chi connectivity index (χ0) is 25.9. The van der Waals surface area contributed by atoms with Gasteiger partial charge in [0.15, 0.2) is 0 Å². The van der Waals surface area contributed by atoms with E-state index in [4.69, 9.17) is 4.74 Å². The molecular formula is C29H38N2O5. The minimum atomic E-state index is -1.13. The van der Waals surface area contributed by atoms with Crippen LogP contribution in [0.15, 0.2) is 54.6 Å². The number of hydrogen-bond acceptors (Lipinski definition) is 4. The van der Waals surface area contributed by atoms with Crippen molar-refractivity contribution in [3.05, 3.63) is 60.2 Å². The molecule has 0 bridgehead atoms.